The van der Waals surface area contributed by atoms with Crippen LogP contribution in [-0.4, -0.2) is 20.8 Å². The van der Waals surface area contributed by atoms with Gasteiger partial charge in [-0.05, 0) is 37.6 Å². The van der Waals surface area contributed by atoms with Gasteiger partial charge >= 0.3 is 0 Å². The summed E-state index contributed by atoms with van der Waals surface area (Å²) in [5.41, 5.74) is 1.75. The molecule has 0 aromatic heterocycles. The number of anilines is 1. The summed E-state index contributed by atoms with van der Waals surface area (Å²) < 4.78 is 27.0. The second-order valence-corrected chi connectivity index (χ2v) is 7.01. The molecule has 0 heterocycles. The van der Waals surface area contributed by atoms with E-state index in [4.69, 9.17) is 11.6 Å². The number of hydrogen-bond donors (Lipinski definition) is 0. The normalized spacial score (nSPS) is 11.3. The van der Waals surface area contributed by atoms with E-state index in [0.717, 1.165) is 5.56 Å². The molecule has 0 aliphatic rings. The van der Waals surface area contributed by atoms with Gasteiger partial charge in [0.15, 0.2) is 0 Å². The molecule has 0 atom stereocenters. The molecule has 112 valence electrons. The van der Waals surface area contributed by atoms with Gasteiger partial charge < -0.3 is 0 Å². The molecule has 0 spiro atoms. The lowest BCUT2D eigenvalue weighted by Crippen LogP contribution is -2.32. The summed E-state index contributed by atoms with van der Waals surface area (Å²) in [5.74, 6) is 0.423. The molecule has 3 nitrogen and oxygen atoms in total. The second kappa shape index (κ2) is 6.96. The molecule has 0 aliphatic carbocycles. The van der Waals surface area contributed by atoms with E-state index >= 15 is 0 Å². The molecule has 0 N–H and O–H groups in total. The van der Waals surface area contributed by atoms with Crippen molar-refractivity contribution in [3.05, 3.63) is 60.2 Å². The summed E-state index contributed by atoms with van der Waals surface area (Å²) in [5, 5.41) is 0. The van der Waals surface area contributed by atoms with E-state index in [9.17, 15) is 8.42 Å². The molecule has 2 rings (SSSR count). The topological polar surface area (TPSA) is 37.4 Å². The van der Waals surface area contributed by atoms with E-state index in [2.05, 4.69) is 0 Å². The third-order valence-electron chi connectivity index (χ3n) is 3.15. The lowest BCUT2D eigenvalue weighted by atomic mass is 10.2. The summed E-state index contributed by atoms with van der Waals surface area (Å²) in [6.07, 6.45) is 0.599. The van der Waals surface area contributed by atoms with Crippen LogP contribution in [0.25, 0.3) is 0 Å². The van der Waals surface area contributed by atoms with E-state index in [1.807, 2.05) is 31.2 Å². The van der Waals surface area contributed by atoms with Crippen molar-refractivity contribution in [3.8, 4) is 0 Å². The largest absolute Gasteiger partial charge is 0.266 e. The summed E-state index contributed by atoms with van der Waals surface area (Å²) in [6, 6.07) is 15.9. The summed E-state index contributed by atoms with van der Waals surface area (Å²) in [4.78, 5) is 0.292. The zero-order chi connectivity index (χ0) is 15.3. The van der Waals surface area contributed by atoms with Crippen LogP contribution in [-0.2, 0) is 10.0 Å². The minimum atomic E-state index is -3.56. The minimum absolute atomic E-state index is 0.292. The van der Waals surface area contributed by atoms with Crippen molar-refractivity contribution >= 4 is 27.3 Å². The third kappa shape index (κ3) is 3.77. The SMILES string of the molecule is Cc1ccc(N(CCCCl)S(=O)(=O)c2ccccc2)cc1. The number of nitrogens with zero attached hydrogens (tertiary/aromatic N) is 1. The Balaban J connectivity index is 2.42. The Bertz CT molecular complexity index is 669. The average Bonchev–Trinajstić information content (AvgIpc) is 2.50. The molecule has 2 aromatic carbocycles. The van der Waals surface area contributed by atoms with Crippen molar-refractivity contribution < 1.29 is 8.42 Å². The Labute approximate surface area is 131 Å². The number of sulfonamides is 1. The van der Waals surface area contributed by atoms with Crippen LogP contribution in [0, 0.1) is 6.92 Å². The highest BCUT2D eigenvalue weighted by Crippen LogP contribution is 2.24. The number of hydrogen-bond acceptors (Lipinski definition) is 2. The third-order valence-corrected chi connectivity index (χ3v) is 5.26. The fourth-order valence-corrected chi connectivity index (χ4v) is 3.67. The first kappa shape index (κ1) is 15.9. The first-order valence-electron chi connectivity index (χ1n) is 6.76. The van der Waals surface area contributed by atoms with E-state index in [-0.39, 0.29) is 0 Å². The van der Waals surface area contributed by atoms with Gasteiger partial charge in [-0.25, -0.2) is 8.42 Å². The monoisotopic (exact) mass is 323 g/mol. The van der Waals surface area contributed by atoms with Gasteiger partial charge in [0.25, 0.3) is 10.0 Å². The van der Waals surface area contributed by atoms with E-state index in [0.29, 0.717) is 29.4 Å². The zero-order valence-corrected chi connectivity index (χ0v) is 13.4. The highest BCUT2D eigenvalue weighted by molar-refractivity contribution is 7.92. The van der Waals surface area contributed by atoms with Crippen molar-refractivity contribution in [2.45, 2.75) is 18.2 Å². The maximum Gasteiger partial charge on any atom is 0.264 e. The fraction of sp³-hybridized carbons (Fsp3) is 0.250. The first-order valence-corrected chi connectivity index (χ1v) is 8.73. The lowest BCUT2D eigenvalue weighted by molar-refractivity contribution is 0.590. The molecule has 0 amide bonds. The molecule has 0 fully saturated rings. The molecule has 0 unspecified atom stereocenters. The fourth-order valence-electron chi connectivity index (χ4n) is 2.02. The molecule has 0 saturated heterocycles. The van der Waals surface area contributed by atoms with Crippen molar-refractivity contribution in [2.75, 3.05) is 16.7 Å². The molecular weight excluding hydrogens is 306 g/mol. The zero-order valence-electron chi connectivity index (χ0n) is 11.9. The quantitative estimate of drug-likeness (QED) is 0.758. The lowest BCUT2D eigenvalue weighted by Gasteiger charge is -2.24. The Hall–Kier alpha value is -1.52. The molecule has 2 aromatic rings. The smallest absolute Gasteiger partial charge is 0.264 e. The second-order valence-electron chi connectivity index (χ2n) is 4.77. The molecule has 0 aliphatic heterocycles. The molecule has 5 heteroatoms. The molecule has 0 bridgehead atoms. The first-order chi connectivity index (χ1) is 10.1. The predicted molar refractivity (Wildman–Crippen MR) is 87.5 cm³/mol. The number of alkyl halides is 1. The van der Waals surface area contributed by atoms with E-state index in [1.165, 1.54) is 4.31 Å². The Morgan fingerprint density at radius 2 is 1.62 bits per heavy atom. The highest BCUT2D eigenvalue weighted by Gasteiger charge is 2.24. The van der Waals surface area contributed by atoms with Gasteiger partial charge in [0.05, 0.1) is 10.6 Å². The van der Waals surface area contributed by atoms with Gasteiger partial charge in [-0.15, -0.1) is 11.6 Å². The van der Waals surface area contributed by atoms with Crippen molar-refractivity contribution in [1.82, 2.24) is 0 Å². The van der Waals surface area contributed by atoms with Crippen molar-refractivity contribution in [2.24, 2.45) is 0 Å². The maximum atomic E-state index is 12.8. The van der Waals surface area contributed by atoms with Gasteiger partial charge in [-0.1, -0.05) is 35.9 Å². The molecule has 0 saturated carbocycles. The number of rotatable bonds is 6. The number of benzene rings is 2. The highest BCUT2D eigenvalue weighted by atomic mass is 35.5. The van der Waals surface area contributed by atoms with Crippen LogP contribution < -0.4 is 4.31 Å². The van der Waals surface area contributed by atoms with Crippen LogP contribution in [0.3, 0.4) is 0 Å². The summed E-state index contributed by atoms with van der Waals surface area (Å²) in [7, 11) is -3.56. The standard InChI is InChI=1S/C16H18ClNO2S/c1-14-8-10-15(11-9-14)18(13-5-12-17)21(19,20)16-6-3-2-4-7-16/h2-4,6-11H,5,12-13H2,1H3. The maximum absolute atomic E-state index is 12.8. The van der Waals surface area contributed by atoms with Gasteiger partial charge in [-0.2, -0.15) is 0 Å². The summed E-state index contributed by atoms with van der Waals surface area (Å²) >= 11 is 5.73. The summed E-state index contributed by atoms with van der Waals surface area (Å²) in [6.45, 7) is 2.34. The van der Waals surface area contributed by atoms with Crippen LogP contribution in [0.5, 0.6) is 0 Å². The van der Waals surface area contributed by atoms with Gasteiger partial charge in [0.1, 0.15) is 0 Å². The predicted octanol–water partition coefficient (Wildman–Crippen LogP) is 3.82. The molecule has 21 heavy (non-hydrogen) atoms. The average molecular weight is 324 g/mol. The van der Waals surface area contributed by atoms with E-state index in [1.54, 1.807) is 30.3 Å². The Morgan fingerprint density at radius 3 is 2.19 bits per heavy atom. The van der Waals surface area contributed by atoms with E-state index < -0.39 is 10.0 Å². The van der Waals surface area contributed by atoms with Crippen LogP contribution in [0.4, 0.5) is 5.69 Å². The van der Waals surface area contributed by atoms with Gasteiger partial charge in [-0.3, -0.25) is 4.31 Å². The van der Waals surface area contributed by atoms with Crippen molar-refractivity contribution in [1.29, 1.82) is 0 Å². The van der Waals surface area contributed by atoms with Crippen molar-refractivity contribution in [3.63, 3.8) is 0 Å². The Morgan fingerprint density at radius 1 is 1.00 bits per heavy atom. The van der Waals surface area contributed by atoms with Gasteiger partial charge in [0.2, 0.25) is 0 Å². The number of halogens is 1. The van der Waals surface area contributed by atoms with Crippen LogP contribution >= 0.6 is 11.6 Å². The Kier molecular flexibility index (Phi) is 5.26. The van der Waals surface area contributed by atoms with Crippen LogP contribution in [0.2, 0.25) is 0 Å². The van der Waals surface area contributed by atoms with Gasteiger partial charge in [0, 0.05) is 12.4 Å². The molecule has 0 radical (unpaired) electrons. The number of aryl methyl sites for hydroxylation is 1. The van der Waals surface area contributed by atoms with Crippen LogP contribution in [0.1, 0.15) is 12.0 Å². The van der Waals surface area contributed by atoms with Crippen LogP contribution in [0.15, 0.2) is 59.5 Å². The minimum Gasteiger partial charge on any atom is -0.266 e. The molecular formula is C16H18ClNO2S.